The SMILES string of the molecule is CCC(C)(C[CH2][Hg][Br])OOC(C)(C)C. The molecule has 2 nitrogen and oxygen atoms in total. The van der Waals surface area contributed by atoms with Gasteiger partial charge in [0.25, 0.3) is 0 Å². The van der Waals surface area contributed by atoms with Crippen molar-refractivity contribution in [2.24, 2.45) is 0 Å². The molecule has 0 aliphatic carbocycles. The summed E-state index contributed by atoms with van der Waals surface area (Å²) < 4.78 is 1.33. The van der Waals surface area contributed by atoms with E-state index < -0.39 is 22.1 Å². The van der Waals surface area contributed by atoms with Crippen molar-refractivity contribution in [2.75, 3.05) is 0 Å². The van der Waals surface area contributed by atoms with Gasteiger partial charge in [0.05, 0.1) is 0 Å². The second-order valence-electron chi connectivity index (χ2n) is 4.88. The molecule has 0 aromatic rings. The minimum atomic E-state index is -0.688. The molecule has 0 aromatic heterocycles. The van der Waals surface area contributed by atoms with Crippen LogP contribution >= 0.6 is 11.9 Å². The zero-order chi connectivity index (χ0) is 11.2. The van der Waals surface area contributed by atoms with E-state index in [1.54, 1.807) is 0 Å². The van der Waals surface area contributed by atoms with Crippen LogP contribution in [0.1, 0.15) is 47.5 Å². The van der Waals surface area contributed by atoms with Crippen LogP contribution in [0.3, 0.4) is 0 Å². The van der Waals surface area contributed by atoms with Gasteiger partial charge in [-0.05, 0) is 0 Å². The van der Waals surface area contributed by atoms with Crippen molar-refractivity contribution in [1.29, 1.82) is 0 Å². The predicted octanol–water partition coefficient (Wildman–Crippen LogP) is 4.10. The molecule has 0 bridgehead atoms. The minimum absolute atomic E-state index is 0.0962. The summed E-state index contributed by atoms with van der Waals surface area (Å²) in [6.45, 7) is 10.3. The van der Waals surface area contributed by atoms with Crippen LogP contribution in [0.15, 0.2) is 0 Å². The van der Waals surface area contributed by atoms with Gasteiger partial charge < -0.3 is 0 Å². The molecule has 14 heavy (non-hydrogen) atoms. The van der Waals surface area contributed by atoms with Crippen molar-refractivity contribution in [2.45, 2.75) is 62.6 Å². The third-order valence-electron chi connectivity index (χ3n) is 2.08. The van der Waals surface area contributed by atoms with E-state index in [0.29, 0.717) is 0 Å². The van der Waals surface area contributed by atoms with Gasteiger partial charge in [0.15, 0.2) is 0 Å². The summed E-state index contributed by atoms with van der Waals surface area (Å²) in [7, 11) is 0. The second-order valence-corrected chi connectivity index (χ2v) is 16.1. The van der Waals surface area contributed by atoms with Crippen LogP contribution in [-0.2, 0) is 31.9 Å². The van der Waals surface area contributed by atoms with Crippen LogP contribution in [0.25, 0.3) is 0 Å². The molecule has 0 fully saturated rings. The van der Waals surface area contributed by atoms with Crippen LogP contribution in [0.2, 0.25) is 3.93 Å². The van der Waals surface area contributed by atoms with Gasteiger partial charge in [-0.3, -0.25) is 0 Å². The molecule has 82 valence electrons. The first-order chi connectivity index (χ1) is 6.33. The molecule has 0 saturated heterocycles. The molecule has 0 saturated carbocycles. The average molecular weight is 454 g/mol. The summed E-state index contributed by atoms with van der Waals surface area (Å²) in [6.07, 6.45) is 2.12. The number of rotatable bonds is 6. The maximum absolute atomic E-state index is 5.56. The zero-order valence-electron chi connectivity index (χ0n) is 10.0. The van der Waals surface area contributed by atoms with Crippen molar-refractivity contribution in [3.8, 4) is 0 Å². The van der Waals surface area contributed by atoms with Gasteiger partial charge >= 0.3 is 106 Å². The first-order valence-corrected chi connectivity index (χ1v) is 21.1. The summed E-state index contributed by atoms with van der Waals surface area (Å²) >= 11 is 2.96. The second kappa shape index (κ2) is 6.82. The Morgan fingerprint density at radius 2 is 1.71 bits per heavy atom. The Morgan fingerprint density at radius 3 is 2.07 bits per heavy atom. The molecule has 0 N–H and O–H groups in total. The third-order valence-corrected chi connectivity index (χ3v) is 9.41. The Labute approximate surface area is 106 Å². The number of hydrogen-bond donors (Lipinski definition) is 0. The van der Waals surface area contributed by atoms with Crippen LogP contribution < -0.4 is 0 Å². The van der Waals surface area contributed by atoms with E-state index >= 15 is 0 Å². The van der Waals surface area contributed by atoms with Gasteiger partial charge in [0.1, 0.15) is 0 Å². The van der Waals surface area contributed by atoms with Gasteiger partial charge in [-0.25, -0.2) is 0 Å². The maximum atomic E-state index is 5.56. The van der Waals surface area contributed by atoms with Gasteiger partial charge in [-0.2, -0.15) is 0 Å². The molecule has 0 amide bonds. The van der Waals surface area contributed by atoms with Crippen LogP contribution in [-0.4, -0.2) is 11.2 Å². The van der Waals surface area contributed by atoms with Crippen molar-refractivity contribution in [3.05, 3.63) is 0 Å². The molecule has 0 rings (SSSR count). The van der Waals surface area contributed by atoms with E-state index in [0.717, 1.165) is 12.8 Å². The molecule has 0 aliphatic rings. The average Bonchev–Trinajstić information content (AvgIpc) is 2.10. The first-order valence-electron chi connectivity index (χ1n) is 5.26. The molecule has 0 heterocycles. The Kier molecular flexibility index (Phi) is 7.47. The van der Waals surface area contributed by atoms with Gasteiger partial charge in [-0.15, -0.1) is 0 Å². The molecule has 1 atom stereocenters. The Balaban J connectivity index is 3.98. The van der Waals surface area contributed by atoms with Gasteiger partial charge in [0.2, 0.25) is 0 Å². The fraction of sp³-hybridized carbons (Fsp3) is 1.00. The van der Waals surface area contributed by atoms with E-state index in [1.807, 2.05) is 20.8 Å². The molecule has 0 aliphatic heterocycles. The van der Waals surface area contributed by atoms with Crippen LogP contribution in [0, 0.1) is 0 Å². The number of halogens is 1. The summed E-state index contributed by atoms with van der Waals surface area (Å²) in [4.78, 5) is 11.0. The van der Waals surface area contributed by atoms with Crippen molar-refractivity contribution < 1.29 is 31.9 Å². The Hall–Kier alpha value is 1.34. The van der Waals surface area contributed by atoms with Crippen molar-refractivity contribution in [3.63, 3.8) is 0 Å². The zero-order valence-corrected chi connectivity index (χ0v) is 17.1. The van der Waals surface area contributed by atoms with Crippen molar-refractivity contribution in [1.82, 2.24) is 0 Å². The van der Waals surface area contributed by atoms with Crippen LogP contribution in [0.4, 0.5) is 0 Å². The van der Waals surface area contributed by atoms with Gasteiger partial charge in [0, 0.05) is 0 Å². The molecule has 0 spiro atoms. The fourth-order valence-electron chi connectivity index (χ4n) is 0.944. The van der Waals surface area contributed by atoms with Crippen LogP contribution in [0.5, 0.6) is 0 Å². The van der Waals surface area contributed by atoms with E-state index in [-0.39, 0.29) is 11.2 Å². The number of hydrogen-bond acceptors (Lipinski definition) is 2. The first kappa shape index (κ1) is 15.3. The quantitative estimate of drug-likeness (QED) is 0.342. The normalized spacial score (nSPS) is 16.1. The molecule has 0 radical (unpaired) electrons. The fourth-order valence-corrected chi connectivity index (χ4v) is 6.83. The van der Waals surface area contributed by atoms with E-state index in [1.165, 1.54) is 3.93 Å². The van der Waals surface area contributed by atoms with E-state index in [2.05, 4.69) is 25.8 Å². The monoisotopic (exact) mass is 454 g/mol. The molecule has 0 aromatic carbocycles. The Morgan fingerprint density at radius 1 is 1.14 bits per heavy atom. The molecular weight excluding hydrogens is 433 g/mol. The molecule has 4 heteroatoms. The summed E-state index contributed by atoms with van der Waals surface area (Å²) in [6, 6.07) is 0. The predicted molar refractivity (Wildman–Crippen MR) is 59.0 cm³/mol. The molecule has 1 unspecified atom stereocenters. The summed E-state index contributed by atoms with van der Waals surface area (Å²) in [5, 5.41) is 0. The standard InChI is InChI=1S/C10H21O2.BrH.Hg/c1-7-10(6,8-2)12-11-9(3,4)5;;/h1,7-8H2,2-6H3;1H;/q;;+1/p-1. The Bertz CT molecular complexity index is 159. The summed E-state index contributed by atoms with van der Waals surface area (Å²) in [5.74, 6) is 0. The van der Waals surface area contributed by atoms with Crippen molar-refractivity contribution >= 4 is 11.9 Å². The summed E-state index contributed by atoms with van der Waals surface area (Å²) in [5.41, 5.74) is -0.309. The van der Waals surface area contributed by atoms with E-state index in [4.69, 9.17) is 9.78 Å². The third kappa shape index (κ3) is 7.60. The molecular formula is C10H21BrHgO2. The van der Waals surface area contributed by atoms with Gasteiger partial charge in [-0.1, -0.05) is 0 Å². The topological polar surface area (TPSA) is 18.5 Å². The van der Waals surface area contributed by atoms with E-state index in [9.17, 15) is 0 Å².